The summed E-state index contributed by atoms with van der Waals surface area (Å²) >= 11 is -2.02. The van der Waals surface area contributed by atoms with Gasteiger partial charge in [0.25, 0.3) is 5.92 Å². The number of amides is 1. The van der Waals surface area contributed by atoms with E-state index >= 15 is 0 Å². The maximum absolute atomic E-state index is 13.3. The van der Waals surface area contributed by atoms with Gasteiger partial charge < -0.3 is 5.11 Å². The fourth-order valence-electron chi connectivity index (χ4n) is 3.12. The van der Waals surface area contributed by atoms with Crippen molar-refractivity contribution < 1.29 is 31.0 Å². The van der Waals surface area contributed by atoms with Crippen LogP contribution in [-0.2, 0) is 27.8 Å². The Bertz CT molecular complexity index is 652. The predicted molar refractivity (Wildman–Crippen MR) is 85.6 cm³/mol. The molecule has 0 spiro atoms. The number of alkyl halides is 2. The van der Waals surface area contributed by atoms with E-state index in [4.69, 9.17) is 4.18 Å². The highest BCUT2D eigenvalue weighted by Crippen LogP contribution is 2.38. The third-order valence-electron chi connectivity index (χ3n) is 4.32. The Morgan fingerprint density at radius 2 is 1.83 bits per heavy atom. The molecule has 1 aliphatic heterocycles. The highest BCUT2D eigenvalue weighted by atomic mass is 32.2. The van der Waals surface area contributed by atoms with Crippen LogP contribution in [-0.4, -0.2) is 37.5 Å². The fraction of sp³-hybridized carbons (Fsp3) is 0.562. The number of carboxylic acid groups (broad SMARTS) is 1. The summed E-state index contributed by atoms with van der Waals surface area (Å²) in [5, 5.41) is 9.77. The van der Waals surface area contributed by atoms with Crippen molar-refractivity contribution in [2.45, 2.75) is 51.6 Å². The molecule has 1 N–H and O–H groups in total. The van der Waals surface area contributed by atoms with E-state index < -0.39 is 38.8 Å². The van der Waals surface area contributed by atoms with Crippen LogP contribution in [0.4, 0.5) is 13.6 Å². The van der Waals surface area contributed by atoms with Gasteiger partial charge in [-0.05, 0) is 26.3 Å². The topological polar surface area (TPSA) is 63.6 Å². The Morgan fingerprint density at radius 3 is 2.25 bits per heavy atom. The third-order valence-corrected chi connectivity index (χ3v) is 6.13. The van der Waals surface area contributed by atoms with Crippen LogP contribution in [0.15, 0.2) is 24.3 Å². The Balaban J connectivity index is 2.34. The number of quaternary nitrogens is 1. The van der Waals surface area contributed by atoms with Gasteiger partial charge in [-0.15, -0.1) is 3.89 Å². The summed E-state index contributed by atoms with van der Waals surface area (Å²) in [7, 11) is 0. The van der Waals surface area contributed by atoms with E-state index in [1.165, 1.54) is 12.1 Å². The van der Waals surface area contributed by atoms with Crippen molar-refractivity contribution >= 4 is 17.4 Å². The first-order valence-corrected chi connectivity index (χ1v) is 8.59. The zero-order valence-electron chi connectivity index (χ0n) is 14.1. The molecule has 0 aliphatic carbocycles. The normalized spacial score (nSPS) is 28.1. The van der Waals surface area contributed by atoms with E-state index in [0.29, 0.717) is 5.56 Å². The van der Waals surface area contributed by atoms with Crippen LogP contribution < -0.4 is 0 Å². The molecule has 3 unspecified atom stereocenters. The standard InChI is InChI=1S/C16H21F2NO4S/c1-15(2,3)19(14(20)21)13(10-23-24(19)22)9-11-5-7-12(8-6-11)16(4,17)18/h5-8,13H,9-10H2,1-4H3/p+1. The Hall–Kier alpha value is -1.38. The molecule has 0 radical (unpaired) electrons. The molecular formula is C16H22F2NO4S+. The lowest BCUT2D eigenvalue weighted by Gasteiger charge is -2.39. The van der Waals surface area contributed by atoms with E-state index in [1.807, 2.05) is 0 Å². The van der Waals surface area contributed by atoms with Crippen molar-refractivity contribution in [2.24, 2.45) is 0 Å². The van der Waals surface area contributed by atoms with Gasteiger partial charge in [0.1, 0.15) is 18.2 Å². The van der Waals surface area contributed by atoms with Gasteiger partial charge in [0.2, 0.25) is 0 Å². The summed E-state index contributed by atoms with van der Waals surface area (Å²) in [5.74, 6) is -2.93. The quantitative estimate of drug-likeness (QED) is 0.835. The third kappa shape index (κ3) is 3.10. The van der Waals surface area contributed by atoms with Gasteiger partial charge in [-0.25, -0.2) is 13.0 Å². The lowest BCUT2D eigenvalue weighted by Crippen LogP contribution is -2.66. The molecule has 1 aromatic carbocycles. The van der Waals surface area contributed by atoms with Crippen molar-refractivity contribution in [1.82, 2.24) is 0 Å². The summed E-state index contributed by atoms with van der Waals surface area (Å²) < 4.78 is 43.4. The molecule has 0 aromatic heterocycles. The first kappa shape index (κ1) is 19.0. The van der Waals surface area contributed by atoms with Gasteiger partial charge in [-0.1, -0.05) is 24.3 Å². The summed E-state index contributed by atoms with van der Waals surface area (Å²) in [6.45, 7) is 5.94. The van der Waals surface area contributed by atoms with Crippen molar-refractivity contribution in [3.63, 3.8) is 0 Å². The zero-order valence-corrected chi connectivity index (χ0v) is 14.9. The van der Waals surface area contributed by atoms with Gasteiger partial charge in [0, 0.05) is 18.9 Å². The summed E-state index contributed by atoms with van der Waals surface area (Å²) in [6, 6.07) is 5.18. The zero-order chi connectivity index (χ0) is 18.3. The Kier molecular flexibility index (Phi) is 4.87. The molecular weight excluding hydrogens is 340 g/mol. The molecule has 3 atom stereocenters. The van der Waals surface area contributed by atoms with Crippen LogP contribution in [0.1, 0.15) is 38.8 Å². The summed E-state index contributed by atoms with van der Waals surface area (Å²) in [5.41, 5.74) is -0.260. The average molecular weight is 362 g/mol. The highest BCUT2D eigenvalue weighted by Gasteiger charge is 2.64. The first-order chi connectivity index (χ1) is 10.9. The second-order valence-corrected chi connectivity index (χ2v) is 8.30. The van der Waals surface area contributed by atoms with Crippen LogP contribution in [0, 0.1) is 0 Å². The lowest BCUT2D eigenvalue weighted by atomic mass is 9.97. The van der Waals surface area contributed by atoms with E-state index in [2.05, 4.69) is 0 Å². The van der Waals surface area contributed by atoms with Crippen LogP contribution in [0.5, 0.6) is 0 Å². The minimum atomic E-state index is -2.93. The molecule has 1 fully saturated rings. The molecule has 1 heterocycles. The van der Waals surface area contributed by atoms with Crippen LogP contribution in [0.25, 0.3) is 0 Å². The molecule has 1 saturated heterocycles. The molecule has 1 aromatic rings. The van der Waals surface area contributed by atoms with Crippen molar-refractivity contribution in [1.29, 1.82) is 0 Å². The average Bonchev–Trinajstić information content (AvgIpc) is 2.75. The molecule has 1 aliphatic rings. The van der Waals surface area contributed by atoms with Gasteiger partial charge in [-0.2, -0.15) is 9.00 Å². The van der Waals surface area contributed by atoms with E-state index in [1.54, 1.807) is 32.9 Å². The number of rotatable bonds is 3. The second-order valence-electron chi connectivity index (χ2n) is 7.06. The lowest BCUT2D eigenvalue weighted by molar-refractivity contribution is -0.799. The van der Waals surface area contributed by atoms with E-state index in [-0.39, 0.29) is 18.6 Å². The first-order valence-electron chi connectivity index (χ1n) is 7.56. The Morgan fingerprint density at radius 1 is 1.29 bits per heavy atom. The number of nitrogens with zero attached hydrogens (tertiary/aromatic N) is 1. The number of hydrogen-bond donors (Lipinski definition) is 1. The minimum Gasteiger partial charge on any atom is -0.435 e. The molecule has 2 rings (SSSR count). The van der Waals surface area contributed by atoms with Crippen LogP contribution >= 0.6 is 0 Å². The van der Waals surface area contributed by atoms with Crippen molar-refractivity contribution in [3.8, 4) is 0 Å². The maximum atomic E-state index is 13.3. The molecule has 5 nitrogen and oxygen atoms in total. The summed E-state index contributed by atoms with van der Waals surface area (Å²) in [4.78, 5) is 12.0. The molecule has 1 amide bonds. The predicted octanol–water partition coefficient (Wildman–Crippen LogP) is 3.61. The molecule has 0 saturated carbocycles. The SMILES string of the molecule is CC(F)(F)c1ccc(CC2COS(=O)[N+]2(C(=O)O)C(C)(C)C)cc1. The van der Waals surface area contributed by atoms with Gasteiger partial charge in [0.05, 0.1) is 0 Å². The summed E-state index contributed by atoms with van der Waals surface area (Å²) in [6.07, 6.45) is -0.953. The number of carbonyl (C=O) groups is 1. The van der Waals surface area contributed by atoms with Crippen molar-refractivity contribution in [2.75, 3.05) is 6.61 Å². The molecule has 0 bridgehead atoms. The largest absolute Gasteiger partial charge is 0.530 e. The highest BCUT2D eigenvalue weighted by molar-refractivity contribution is 7.74. The minimum absolute atomic E-state index is 0.0296. The van der Waals surface area contributed by atoms with E-state index in [0.717, 1.165) is 6.92 Å². The molecule has 24 heavy (non-hydrogen) atoms. The van der Waals surface area contributed by atoms with Crippen LogP contribution in [0.2, 0.25) is 0 Å². The number of halogens is 2. The van der Waals surface area contributed by atoms with Gasteiger partial charge >= 0.3 is 17.4 Å². The fourth-order valence-corrected chi connectivity index (χ4v) is 4.51. The second kappa shape index (κ2) is 6.16. The monoisotopic (exact) mass is 362 g/mol. The number of hydrogen-bond acceptors (Lipinski definition) is 3. The van der Waals surface area contributed by atoms with Gasteiger partial charge in [-0.3, -0.25) is 0 Å². The van der Waals surface area contributed by atoms with E-state index in [9.17, 15) is 22.9 Å². The van der Waals surface area contributed by atoms with Crippen LogP contribution in [0.3, 0.4) is 0 Å². The molecule has 8 heteroatoms. The maximum Gasteiger partial charge on any atom is 0.530 e. The Labute approximate surface area is 142 Å². The number of benzene rings is 1. The smallest absolute Gasteiger partial charge is 0.435 e. The molecule has 134 valence electrons. The van der Waals surface area contributed by atoms with Gasteiger partial charge in [0.15, 0.2) is 0 Å². The van der Waals surface area contributed by atoms with Crippen molar-refractivity contribution in [3.05, 3.63) is 35.4 Å².